The minimum absolute atomic E-state index is 0.112. The number of carbonyl (C=O) groups excluding carboxylic acids is 2. The molecule has 1 aromatic carbocycles. The van der Waals surface area contributed by atoms with Gasteiger partial charge in [0.05, 0.1) is 30.3 Å². The average Bonchev–Trinajstić information content (AvgIpc) is 3.19. The zero-order valence-corrected chi connectivity index (χ0v) is 15.6. The van der Waals surface area contributed by atoms with Gasteiger partial charge in [0.2, 0.25) is 5.91 Å². The first kappa shape index (κ1) is 17.6. The lowest BCUT2D eigenvalue weighted by Crippen LogP contribution is -2.43. The fourth-order valence-corrected chi connectivity index (χ4v) is 3.72. The van der Waals surface area contributed by atoms with Crippen molar-refractivity contribution in [3.63, 3.8) is 0 Å². The molecule has 1 unspecified atom stereocenters. The number of nitrogens with one attached hydrogen (secondary N) is 2. The summed E-state index contributed by atoms with van der Waals surface area (Å²) in [5, 5.41) is 9.96. The molecule has 7 nitrogen and oxygen atoms in total. The largest absolute Gasteiger partial charge is 0.495 e. The molecule has 2 aromatic rings. The van der Waals surface area contributed by atoms with Crippen LogP contribution in [0.15, 0.2) is 24.4 Å². The second-order valence-corrected chi connectivity index (χ2v) is 7.32. The Bertz CT molecular complexity index is 872. The van der Waals surface area contributed by atoms with E-state index in [2.05, 4.69) is 15.5 Å². The second kappa shape index (κ2) is 7.06. The predicted octanol–water partition coefficient (Wildman–Crippen LogP) is 2.85. The molecule has 1 aliphatic carbocycles. The number of H-pyrrole nitrogens is 1. The molecule has 2 amide bonds. The molecule has 1 aromatic heterocycles. The summed E-state index contributed by atoms with van der Waals surface area (Å²) >= 11 is 0. The maximum atomic E-state index is 13.1. The standard InChI is InChI=1S/C20H24N4O3/c1-12-5-8-17(27-2)15(10-12)22-19(25)16-4-3-9-24(16)20(26)14-11-21-23-18(14)13-6-7-13/h5,8,10-11,13,16H,3-4,6-7,9H2,1-2H3,(H,21,23)(H,22,25). The van der Waals surface area contributed by atoms with Crippen LogP contribution in [-0.2, 0) is 4.79 Å². The van der Waals surface area contributed by atoms with Gasteiger partial charge in [0.15, 0.2) is 0 Å². The number of aromatic amines is 1. The molecule has 2 fully saturated rings. The molecule has 2 aliphatic rings. The van der Waals surface area contributed by atoms with Gasteiger partial charge in [-0.05, 0) is 50.3 Å². The highest BCUT2D eigenvalue weighted by atomic mass is 16.5. The number of amides is 2. The van der Waals surface area contributed by atoms with Crippen LogP contribution in [0.1, 0.15) is 53.2 Å². The van der Waals surface area contributed by atoms with Gasteiger partial charge in [-0.2, -0.15) is 5.10 Å². The minimum atomic E-state index is -0.482. The van der Waals surface area contributed by atoms with Crippen molar-refractivity contribution in [2.45, 2.75) is 44.6 Å². The van der Waals surface area contributed by atoms with Gasteiger partial charge in [-0.15, -0.1) is 0 Å². The van der Waals surface area contributed by atoms with Crippen LogP contribution in [0, 0.1) is 6.92 Å². The number of rotatable bonds is 5. The molecule has 2 heterocycles. The summed E-state index contributed by atoms with van der Waals surface area (Å²) in [4.78, 5) is 27.7. The quantitative estimate of drug-likeness (QED) is 0.849. The highest BCUT2D eigenvalue weighted by Gasteiger charge is 2.38. The van der Waals surface area contributed by atoms with Crippen LogP contribution in [0.2, 0.25) is 0 Å². The van der Waals surface area contributed by atoms with E-state index in [0.717, 1.165) is 30.5 Å². The normalized spacial score (nSPS) is 19.2. The summed E-state index contributed by atoms with van der Waals surface area (Å²) in [6, 6.07) is 5.15. The predicted molar refractivity (Wildman–Crippen MR) is 101 cm³/mol. The average molecular weight is 368 g/mol. The summed E-state index contributed by atoms with van der Waals surface area (Å²) in [6.45, 7) is 2.54. The van der Waals surface area contributed by atoms with E-state index in [1.807, 2.05) is 25.1 Å². The van der Waals surface area contributed by atoms with Crippen molar-refractivity contribution in [3.8, 4) is 5.75 Å². The Morgan fingerprint density at radius 1 is 1.30 bits per heavy atom. The monoisotopic (exact) mass is 368 g/mol. The van der Waals surface area contributed by atoms with Gasteiger partial charge in [-0.25, -0.2) is 0 Å². The lowest BCUT2D eigenvalue weighted by molar-refractivity contribution is -0.119. The molecule has 0 bridgehead atoms. The first-order valence-electron chi connectivity index (χ1n) is 9.38. The van der Waals surface area contributed by atoms with E-state index >= 15 is 0 Å². The van der Waals surface area contributed by atoms with Gasteiger partial charge in [0, 0.05) is 12.5 Å². The van der Waals surface area contributed by atoms with Crippen molar-refractivity contribution in [3.05, 3.63) is 41.2 Å². The van der Waals surface area contributed by atoms with Gasteiger partial charge < -0.3 is 15.0 Å². The summed E-state index contributed by atoms with van der Waals surface area (Å²) in [5.41, 5.74) is 3.17. The van der Waals surface area contributed by atoms with E-state index in [-0.39, 0.29) is 11.8 Å². The van der Waals surface area contributed by atoms with Crippen LogP contribution in [0.5, 0.6) is 5.75 Å². The summed E-state index contributed by atoms with van der Waals surface area (Å²) < 4.78 is 5.34. The van der Waals surface area contributed by atoms with E-state index in [4.69, 9.17) is 4.74 Å². The van der Waals surface area contributed by atoms with Crippen molar-refractivity contribution in [2.75, 3.05) is 19.0 Å². The van der Waals surface area contributed by atoms with Gasteiger partial charge in [0.25, 0.3) is 5.91 Å². The zero-order chi connectivity index (χ0) is 19.0. The molecule has 142 valence electrons. The Labute approximate surface area is 158 Å². The van der Waals surface area contributed by atoms with Crippen molar-refractivity contribution in [2.24, 2.45) is 0 Å². The molecule has 7 heteroatoms. The van der Waals surface area contributed by atoms with E-state index < -0.39 is 6.04 Å². The van der Waals surface area contributed by atoms with Crippen LogP contribution >= 0.6 is 0 Å². The first-order chi connectivity index (χ1) is 13.1. The Morgan fingerprint density at radius 3 is 2.85 bits per heavy atom. The maximum Gasteiger partial charge on any atom is 0.258 e. The third kappa shape index (κ3) is 3.41. The number of benzene rings is 1. The minimum Gasteiger partial charge on any atom is -0.495 e. The Hall–Kier alpha value is -2.83. The van der Waals surface area contributed by atoms with E-state index in [1.54, 1.807) is 18.2 Å². The Balaban J connectivity index is 1.52. The van der Waals surface area contributed by atoms with Crippen molar-refractivity contribution >= 4 is 17.5 Å². The molecule has 0 spiro atoms. The summed E-state index contributed by atoms with van der Waals surface area (Å²) in [6.07, 6.45) is 5.22. The molecular weight excluding hydrogens is 344 g/mol. The number of aryl methyl sites for hydroxylation is 1. The maximum absolute atomic E-state index is 13.1. The summed E-state index contributed by atoms with van der Waals surface area (Å²) in [5.74, 6) is 0.717. The molecule has 1 saturated carbocycles. The molecule has 1 saturated heterocycles. The van der Waals surface area contributed by atoms with Gasteiger partial charge in [-0.1, -0.05) is 6.07 Å². The molecule has 4 rings (SSSR count). The van der Waals surface area contributed by atoms with E-state index in [9.17, 15) is 9.59 Å². The number of anilines is 1. The number of methoxy groups -OCH3 is 1. The van der Waals surface area contributed by atoms with Gasteiger partial charge >= 0.3 is 0 Å². The van der Waals surface area contributed by atoms with Crippen LogP contribution in [0.4, 0.5) is 5.69 Å². The van der Waals surface area contributed by atoms with Crippen molar-refractivity contribution < 1.29 is 14.3 Å². The van der Waals surface area contributed by atoms with Gasteiger partial charge in [0.1, 0.15) is 11.8 Å². The number of aromatic nitrogens is 2. The SMILES string of the molecule is COc1ccc(C)cc1NC(=O)C1CCCN1C(=O)c1cn[nH]c1C1CC1. The summed E-state index contributed by atoms with van der Waals surface area (Å²) in [7, 11) is 1.57. The fraction of sp³-hybridized carbons (Fsp3) is 0.450. The molecule has 1 atom stereocenters. The van der Waals surface area contributed by atoms with E-state index in [1.165, 1.54) is 0 Å². The lowest BCUT2D eigenvalue weighted by Gasteiger charge is -2.24. The number of likely N-dealkylation sites (tertiary alicyclic amines) is 1. The van der Waals surface area contributed by atoms with E-state index in [0.29, 0.717) is 35.9 Å². The van der Waals surface area contributed by atoms with Crippen LogP contribution in [-0.4, -0.2) is 46.6 Å². The second-order valence-electron chi connectivity index (χ2n) is 7.32. The Kier molecular flexibility index (Phi) is 4.59. The smallest absolute Gasteiger partial charge is 0.258 e. The topological polar surface area (TPSA) is 87.3 Å². The lowest BCUT2D eigenvalue weighted by atomic mass is 10.1. The van der Waals surface area contributed by atoms with Crippen molar-refractivity contribution in [1.82, 2.24) is 15.1 Å². The van der Waals surface area contributed by atoms with Crippen LogP contribution < -0.4 is 10.1 Å². The van der Waals surface area contributed by atoms with Gasteiger partial charge in [-0.3, -0.25) is 14.7 Å². The third-order valence-corrected chi connectivity index (χ3v) is 5.31. The number of nitrogens with zero attached hydrogens (tertiary/aromatic N) is 2. The first-order valence-corrected chi connectivity index (χ1v) is 9.38. The van der Waals surface area contributed by atoms with Crippen LogP contribution in [0.3, 0.4) is 0 Å². The number of hydrogen-bond donors (Lipinski definition) is 2. The third-order valence-electron chi connectivity index (χ3n) is 5.31. The molecule has 2 N–H and O–H groups in total. The van der Waals surface area contributed by atoms with Crippen LogP contribution in [0.25, 0.3) is 0 Å². The molecule has 27 heavy (non-hydrogen) atoms. The number of carbonyl (C=O) groups is 2. The highest BCUT2D eigenvalue weighted by molar-refractivity contribution is 6.02. The molecule has 1 aliphatic heterocycles. The Morgan fingerprint density at radius 2 is 2.11 bits per heavy atom. The fourth-order valence-electron chi connectivity index (χ4n) is 3.72. The number of ether oxygens (including phenoxy) is 1. The highest BCUT2D eigenvalue weighted by Crippen LogP contribution is 2.41. The molecule has 0 radical (unpaired) electrons. The number of hydrogen-bond acceptors (Lipinski definition) is 4. The van der Waals surface area contributed by atoms with Crippen molar-refractivity contribution in [1.29, 1.82) is 0 Å². The zero-order valence-electron chi connectivity index (χ0n) is 15.6. The molecular formula is C20H24N4O3.